The van der Waals surface area contributed by atoms with Crippen molar-refractivity contribution in [2.24, 2.45) is 0 Å². The highest BCUT2D eigenvalue weighted by Gasteiger charge is 2.20. The summed E-state index contributed by atoms with van der Waals surface area (Å²) >= 11 is 3.50. The van der Waals surface area contributed by atoms with Crippen LogP contribution in [0, 0.1) is 0 Å². The van der Waals surface area contributed by atoms with Gasteiger partial charge in [-0.3, -0.25) is 4.68 Å². The lowest BCUT2D eigenvalue weighted by molar-refractivity contribution is 0.0674. The van der Waals surface area contributed by atoms with Crippen molar-refractivity contribution in [2.75, 3.05) is 13.2 Å². The molecule has 0 amide bonds. The van der Waals surface area contributed by atoms with Crippen molar-refractivity contribution in [3.05, 3.63) is 28.4 Å². The highest BCUT2D eigenvalue weighted by molar-refractivity contribution is 9.10. The first-order valence-corrected chi connectivity index (χ1v) is 6.94. The average molecular weight is 311 g/mol. The largest absolute Gasteiger partial charge is 0.392 e. The molecule has 2 heterocycles. The van der Waals surface area contributed by atoms with Gasteiger partial charge in [-0.2, -0.15) is 5.10 Å². The molecule has 4 nitrogen and oxygen atoms in total. The molecule has 0 bridgehead atoms. The van der Waals surface area contributed by atoms with E-state index in [0.717, 1.165) is 47.1 Å². The quantitative estimate of drug-likeness (QED) is 0.927. The number of aliphatic hydroxyl groups is 1. The standard InChI is InChI=1S/C13H15BrN2O2/c14-13-11-7-9(8-17)1-2-12(11)16(15-13)10-3-5-18-6-4-10/h1-2,7,10,17H,3-6,8H2. The van der Waals surface area contributed by atoms with Crippen LogP contribution >= 0.6 is 15.9 Å². The summed E-state index contributed by atoms with van der Waals surface area (Å²) in [6.45, 7) is 1.67. The zero-order valence-electron chi connectivity index (χ0n) is 9.97. The molecule has 1 N–H and O–H groups in total. The molecule has 3 rings (SSSR count). The lowest BCUT2D eigenvalue weighted by Crippen LogP contribution is -2.20. The Kier molecular flexibility index (Phi) is 3.37. The van der Waals surface area contributed by atoms with E-state index >= 15 is 0 Å². The Bertz CT molecular complexity index is 561. The SMILES string of the molecule is OCc1ccc2c(c1)c(Br)nn2C1CCOCC1. The van der Waals surface area contributed by atoms with Crippen LogP contribution in [-0.2, 0) is 11.3 Å². The van der Waals surface area contributed by atoms with E-state index in [4.69, 9.17) is 4.74 Å². The molecule has 0 aliphatic carbocycles. The van der Waals surface area contributed by atoms with Crippen molar-refractivity contribution in [3.63, 3.8) is 0 Å². The van der Waals surface area contributed by atoms with Crippen molar-refractivity contribution in [1.82, 2.24) is 9.78 Å². The van der Waals surface area contributed by atoms with Gasteiger partial charge in [0.2, 0.25) is 0 Å². The van der Waals surface area contributed by atoms with Crippen LogP contribution in [0.3, 0.4) is 0 Å². The van der Waals surface area contributed by atoms with Crippen LogP contribution in [0.1, 0.15) is 24.4 Å². The molecule has 1 aromatic carbocycles. The number of fused-ring (bicyclic) bond motifs is 1. The lowest BCUT2D eigenvalue weighted by atomic mass is 10.1. The first-order chi connectivity index (χ1) is 8.79. The van der Waals surface area contributed by atoms with Crippen LogP contribution in [-0.4, -0.2) is 28.1 Å². The van der Waals surface area contributed by atoms with Gasteiger partial charge in [0.25, 0.3) is 0 Å². The summed E-state index contributed by atoms with van der Waals surface area (Å²) in [5.74, 6) is 0. The zero-order valence-corrected chi connectivity index (χ0v) is 11.6. The fourth-order valence-electron chi connectivity index (χ4n) is 2.46. The number of hydrogen-bond donors (Lipinski definition) is 1. The first kappa shape index (κ1) is 12.1. The van der Waals surface area contributed by atoms with E-state index in [1.807, 2.05) is 18.2 Å². The summed E-state index contributed by atoms with van der Waals surface area (Å²) in [5, 5.41) is 14.8. The van der Waals surface area contributed by atoms with Gasteiger partial charge in [0.05, 0.1) is 18.2 Å². The third-order valence-corrected chi connectivity index (χ3v) is 4.03. The first-order valence-electron chi connectivity index (χ1n) is 6.15. The topological polar surface area (TPSA) is 47.3 Å². The Morgan fingerprint density at radius 3 is 2.89 bits per heavy atom. The minimum absolute atomic E-state index is 0.0603. The van der Waals surface area contributed by atoms with Crippen molar-refractivity contribution >= 4 is 26.8 Å². The van der Waals surface area contributed by atoms with Gasteiger partial charge in [0.1, 0.15) is 4.60 Å². The minimum atomic E-state index is 0.0603. The second kappa shape index (κ2) is 4.99. The number of hydrogen-bond acceptors (Lipinski definition) is 3. The van der Waals surface area contributed by atoms with Gasteiger partial charge in [0.15, 0.2) is 0 Å². The Morgan fingerprint density at radius 1 is 1.39 bits per heavy atom. The molecule has 0 radical (unpaired) electrons. The Morgan fingerprint density at radius 2 is 2.17 bits per heavy atom. The molecule has 1 aliphatic rings. The third kappa shape index (κ3) is 2.06. The van der Waals surface area contributed by atoms with Crippen molar-refractivity contribution in [1.29, 1.82) is 0 Å². The van der Waals surface area contributed by atoms with Gasteiger partial charge in [0, 0.05) is 18.6 Å². The summed E-state index contributed by atoms with van der Waals surface area (Å²) < 4.78 is 8.32. The molecule has 0 spiro atoms. The molecule has 0 atom stereocenters. The molecular formula is C13H15BrN2O2. The predicted molar refractivity (Wildman–Crippen MR) is 72.4 cm³/mol. The number of aromatic nitrogens is 2. The molecule has 0 saturated carbocycles. The van der Waals surface area contributed by atoms with E-state index in [0.29, 0.717) is 6.04 Å². The fourth-order valence-corrected chi connectivity index (χ4v) is 2.95. The monoisotopic (exact) mass is 310 g/mol. The van der Waals surface area contributed by atoms with Crippen LogP contribution < -0.4 is 0 Å². The molecule has 1 saturated heterocycles. The third-order valence-electron chi connectivity index (χ3n) is 3.44. The molecular weight excluding hydrogens is 296 g/mol. The molecule has 2 aromatic rings. The number of halogens is 1. The van der Waals surface area contributed by atoms with Crippen LogP contribution in [0.5, 0.6) is 0 Å². The summed E-state index contributed by atoms with van der Waals surface area (Å²) in [7, 11) is 0. The van der Waals surface area contributed by atoms with E-state index in [-0.39, 0.29) is 6.61 Å². The zero-order chi connectivity index (χ0) is 12.5. The van der Waals surface area contributed by atoms with Crippen LogP contribution in [0.25, 0.3) is 10.9 Å². The maximum absolute atomic E-state index is 9.18. The number of benzene rings is 1. The van der Waals surface area contributed by atoms with Gasteiger partial charge in [-0.1, -0.05) is 6.07 Å². The van der Waals surface area contributed by atoms with Crippen molar-refractivity contribution in [2.45, 2.75) is 25.5 Å². The van der Waals surface area contributed by atoms with Gasteiger partial charge in [-0.15, -0.1) is 0 Å². The second-order valence-electron chi connectivity index (χ2n) is 4.59. The van der Waals surface area contributed by atoms with Crippen LogP contribution in [0.2, 0.25) is 0 Å². The van der Waals surface area contributed by atoms with Crippen LogP contribution in [0.4, 0.5) is 0 Å². The summed E-state index contributed by atoms with van der Waals surface area (Å²) in [4.78, 5) is 0. The molecule has 1 fully saturated rings. The highest BCUT2D eigenvalue weighted by Crippen LogP contribution is 2.30. The van der Waals surface area contributed by atoms with E-state index in [1.165, 1.54) is 0 Å². The summed E-state index contributed by atoms with van der Waals surface area (Å²) in [5.41, 5.74) is 2.03. The average Bonchev–Trinajstić information content (AvgIpc) is 2.77. The number of rotatable bonds is 2. The number of nitrogens with zero attached hydrogens (tertiary/aromatic N) is 2. The molecule has 1 aromatic heterocycles. The second-order valence-corrected chi connectivity index (χ2v) is 5.34. The number of aliphatic hydroxyl groups excluding tert-OH is 1. The van der Waals surface area contributed by atoms with Gasteiger partial charge < -0.3 is 9.84 Å². The maximum Gasteiger partial charge on any atom is 0.136 e. The molecule has 18 heavy (non-hydrogen) atoms. The van der Waals surface area contributed by atoms with E-state index < -0.39 is 0 Å². The van der Waals surface area contributed by atoms with Crippen molar-refractivity contribution in [3.8, 4) is 0 Å². The Labute approximate surface area is 114 Å². The molecule has 1 aliphatic heterocycles. The highest BCUT2D eigenvalue weighted by atomic mass is 79.9. The number of ether oxygens (including phenoxy) is 1. The molecule has 0 unspecified atom stereocenters. The minimum Gasteiger partial charge on any atom is -0.392 e. The van der Waals surface area contributed by atoms with Gasteiger partial charge in [-0.05, 0) is 46.5 Å². The van der Waals surface area contributed by atoms with Gasteiger partial charge in [-0.25, -0.2) is 0 Å². The normalized spacial score (nSPS) is 17.4. The van der Waals surface area contributed by atoms with E-state index in [1.54, 1.807) is 0 Å². The predicted octanol–water partition coefficient (Wildman–Crippen LogP) is 2.64. The summed E-state index contributed by atoms with van der Waals surface area (Å²) in [6, 6.07) is 6.38. The van der Waals surface area contributed by atoms with E-state index in [9.17, 15) is 5.11 Å². The molecule has 5 heteroatoms. The van der Waals surface area contributed by atoms with Gasteiger partial charge >= 0.3 is 0 Å². The van der Waals surface area contributed by atoms with Crippen LogP contribution in [0.15, 0.2) is 22.8 Å². The summed E-state index contributed by atoms with van der Waals surface area (Å²) in [6.07, 6.45) is 2.01. The Hall–Kier alpha value is -0.910. The maximum atomic E-state index is 9.18. The smallest absolute Gasteiger partial charge is 0.136 e. The lowest BCUT2D eigenvalue weighted by Gasteiger charge is -2.23. The Balaban J connectivity index is 2.07. The van der Waals surface area contributed by atoms with E-state index in [2.05, 4.69) is 25.7 Å². The van der Waals surface area contributed by atoms with Crippen molar-refractivity contribution < 1.29 is 9.84 Å². The molecule has 96 valence electrons. The fraction of sp³-hybridized carbons (Fsp3) is 0.462.